The lowest BCUT2D eigenvalue weighted by atomic mass is 9.83. The van der Waals surface area contributed by atoms with Gasteiger partial charge in [0.05, 0.1) is 12.0 Å². The molecule has 2 fully saturated rings. The lowest BCUT2D eigenvalue weighted by Gasteiger charge is -2.44. The van der Waals surface area contributed by atoms with Crippen LogP contribution < -0.4 is 10.1 Å². The first-order valence-electron chi connectivity index (χ1n) is 11.1. The third-order valence-corrected chi connectivity index (χ3v) is 7.80. The van der Waals surface area contributed by atoms with Gasteiger partial charge in [-0.3, -0.25) is 9.59 Å². The highest BCUT2D eigenvalue weighted by Crippen LogP contribution is 2.43. The fourth-order valence-electron chi connectivity index (χ4n) is 4.52. The minimum Gasteiger partial charge on any atom is -0.497 e. The van der Waals surface area contributed by atoms with E-state index in [9.17, 15) is 9.59 Å². The van der Waals surface area contributed by atoms with Gasteiger partial charge >= 0.3 is 0 Å². The molecular weight excluding hydrogens is 420 g/mol. The van der Waals surface area contributed by atoms with Crippen LogP contribution in [0, 0.1) is 12.8 Å². The van der Waals surface area contributed by atoms with Gasteiger partial charge in [0.2, 0.25) is 5.91 Å². The van der Waals surface area contributed by atoms with E-state index in [2.05, 4.69) is 24.4 Å². The van der Waals surface area contributed by atoms with Gasteiger partial charge in [-0.15, -0.1) is 11.8 Å². The number of thioether (sulfide) groups is 1. The van der Waals surface area contributed by atoms with Crippen molar-refractivity contribution in [3.63, 3.8) is 0 Å². The summed E-state index contributed by atoms with van der Waals surface area (Å²) >= 11 is 1.68. The van der Waals surface area contributed by atoms with Crippen LogP contribution in [0.25, 0.3) is 6.08 Å². The fourth-order valence-corrected chi connectivity index (χ4v) is 6.00. The molecule has 1 N–H and O–H groups in total. The summed E-state index contributed by atoms with van der Waals surface area (Å²) in [6, 6.07) is 16.0. The monoisotopic (exact) mass is 450 g/mol. The Morgan fingerprint density at radius 2 is 2.00 bits per heavy atom. The molecule has 2 aliphatic rings. The zero-order valence-corrected chi connectivity index (χ0v) is 19.7. The van der Waals surface area contributed by atoms with Crippen LogP contribution in [0.1, 0.15) is 36.0 Å². The molecule has 32 heavy (non-hydrogen) atoms. The molecule has 1 aliphatic heterocycles. The van der Waals surface area contributed by atoms with Gasteiger partial charge in [0, 0.05) is 30.8 Å². The molecular formula is C26H30N2O3S. The van der Waals surface area contributed by atoms with E-state index in [0.717, 1.165) is 34.6 Å². The Balaban J connectivity index is 1.37. The molecule has 3 atom stereocenters. The molecule has 5 nitrogen and oxygen atoms in total. The Morgan fingerprint density at radius 1 is 1.22 bits per heavy atom. The Kier molecular flexibility index (Phi) is 6.89. The number of carbonyl (C=O) groups excluding carboxylic acids is 2. The molecule has 168 valence electrons. The third-order valence-electron chi connectivity index (χ3n) is 6.40. The average Bonchev–Trinajstić information content (AvgIpc) is 2.81. The molecule has 4 rings (SSSR count). The van der Waals surface area contributed by atoms with Gasteiger partial charge in [-0.05, 0) is 55.5 Å². The Morgan fingerprint density at radius 3 is 2.72 bits per heavy atom. The second-order valence-electron chi connectivity index (χ2n) is 8.64. The highest BCUT2D eigenvalue weighted by atomic mass is 32.2. The van der Waals surface area contributed by atoms with Crippen molar-refractivity contribution in [3.8, 4) is 5.75 Å². The van der Waals surface area contributed by atoms with Gasteiger partial charge < -0.3 is 15.0 Å². The zero-order valence-electron chi connectivity index (χ0n) is 18.8. The first-order chi connectivity index (χ1) is 15.4. The summed E-state index contributed by atoms with van der Waals surface area (Å²) in [5, 5.41) is 3.41. The molecule has 2 aromatic carbocycles. The number of amides is 2. The SMILES string of the molecule is COc1ccc(CNC(=O)C2CCC3S/C(=C\c4cccc(C)c4)C(=O)N(C)C3C2)cc1. The lowest BCUT2D eigenvalue weighted by molar-refractivity contribution is -0.132. The van der Waals surface area contributed by atoms with Crippen LogP contribution in [0.5, 0.6) is 5.75 Å². The normalized spacial score (nSPS) is 24.2. The van der Waals surface area contributed by atoms with Crippen LogP contribution in [0.15, 0.2) is 53.4 Å². The number of nitrogens with zero attached hydrogens (tertiary/aromatic N) is 1. The third kappa shape index (κ3) is 5.01. The molecule has 2 aromatic rings. The Hall–Kier alpha value is -2.73. The summed E-state index contributed by atoms with van der Waals surface area (Å²) in [4.78, 5) is 28.5. The van der Waals surface area contributed by atoms with Gasteiger partial charge in [0.1, 0.15) is 5.75 Å². The standard InChI is InChI=1S/C26H30N2O3S/c1-17-5-4-6-19(13-17)14-24-26(30)28(2)22-15-20(9-12-23(22)32-24)25(29)27-16-18-7-10-21(31-3)11-8-18/h4-8,10-11,13-14,20,22-23H,9,12,15-16H2,1-3H3,(H,27,29)/b24-14-. The second-order valence-corrected chi connectivity index (χ2v) is 9.92. The number of carbonyl (C=O) groups is 2. The van der Waals surface area contributed by atoms with Crippen LogP contribution in [0.2, 0.25) is 0 Å². The van der Waals surface area contributed by atoms with E-state index in [1.54, 1.807) is 18.9 Å². The summed E-state index contributed by atoms with van der Waals surface area (Å²) in [6.45, 7) is 2.56. The van der Waals surface area contributed by atoms with E-state index in [1.807, 2.05) is 54.4 Å². The highest BCUT2D eigenvalue weighted by Gasteiger charge is 2.42. The Labute approximate surface area is 194 Å². The van der Waals surface area contributed by atoms with E-state index in [0.29, 0.717) is 18.2 Å². The molecule has 1 saturated carbocycles. The predicted molar refractivity (Wildman–Crippen MR) is 129 cm³/mol. The number of methoxy groups -OCH3 is 1. The summed E-state index contributed by atoms with van der Waals surface area (Å²) in [6.07, 6.45) is 4.49. The number of fused-ring (bicyclic) bond motifs is 1. The zero-order chi connectivity index (χ0) is 22.7. The highest BCUT2D eigenvalue weighted by molar-refractivity contribution is 8.04. The van der Waals surface area contributed by atoms with Crippen molar-refractivity contribution in [2.45, 2.75) is 44.0 Å². The number of benzene rings is 2. The summed E-state index contributed by atoms with van der Waals surface area (Å²) in [7, 11) is 3.52. The summed E-state index contributed by atoms with van der Waals surface area (Å²) < 4.78 is 5.18. The molecule has 0 spiro atoms. The van der Waals surface area contributed by atoms with E-state index in [-0.39, 0.29) is 23.8 Å². The molecule has 1 saturated heterocycles. The summed E-state index contributed by atoms with van der Waals surface area (Å²) in [5.41, 5.74) is 3.28. The number of aryl methyl sites for hydroxylation is 1. The number of likely N-dealkylation sites (N-methyl/N-ethyl adjacent to an activating group) is 1. The molecule has 0 aromatic heterocycles. The number of hydrogen-bond donors (Lipinski definition) is 1. The van der Waals surface area contributed by atoms with Crippen molar-refractivity contribution in [3.05, 3.63) is 70.1 Å². The first kappa shape index (κ1) is 22.5. The molecule has 3 unspecified atom stereocenters. The van der Waals surface area contributed by atoms with Crippen molar-refractivity contribution in [1.82, 2.24) is 10.2 Å². The van der Waals surface area contributed by atoms with E-state index >= 15 is 0 Å². The van der Waals surface area contributed by atoms with Crippen molar-refractivity contribution in [2.24, 2.45) is 5.92 Å². The van der Waals surface area contributed by atoms with Crippen LogP contribution >= 0.6 is 11.8 Å². The van der Waals surface area contributed by atoms with Crippen LogP contribution in [0.3, 0.4) is 0 Å². The number of hydrogen-bond acceptors (Lipinski definition) is 4. The van der Waals surface area contributed by atoms with Crippen molar-refractivity contribution in [1.29, 1.82) is 0 Å². The van der Waals surface area contributed by atoms with Crippen LogP contribution in [-0.2, 0) is 16.1 Å². The number of nitrogens with one attached hydrogen (secondary N) is 1. The van der Waals surface area contributed by atoms with Crippen LogP contribution in [-0.4, -0.2) is 42.2 Å². The van der Waals surface area contributed by atoms with Crippen molar-refractivity contribution >= 4 is 29.7 Å². The predicted octanol–water partition coefficient (Wildman–Crippen LogP) is 4.40. The average molecular weight is 451 g/mol. The quantitative estimate of drug-likeness (QED) is 0.686. The topological polar surface area (TPSA) is 58.6 Å². The molecule has 1 aliphatic carbocycles. The van der Waals surface area contributed by atoms with Gasteiger partial charge in [0.15, 0.2) is 0 Å². The maximum absolute atomic E-state index is 13.0. The molecule has 1 heterocycles. The fraction of sp³-hybridized carbons (Fsp3) is 0.385. The van der Waals surface area contributed by atoms with Gasteiger partial charge in [-0.1, -0.05) is 42.0 Å². The minimum atomic E-state index is -0.0624. The van der Waals surface area contributed by atoms with Gasteiger partial charge in [-0.25, -0.2) is 0 Å². The van der Waals surface area contributed by atoms with E-state index in [1.165, 1.54) is 5.56 Å². The molecule has 6 heteroatoms. The lowest BCUT2D eigenvalue weighted by Crippen LogP contribution is -2.52. The summed E-state index contributed by atoms with van der Waals surface area (Å²) in [5.74, 6) is 0.868. The van der Waals surface area contributed by atoms with Crippen molar-refractivity contribution < 1.29 is 14.3 Å². The number of rotatable bonds is 5. The van der Waals surface area contributed by atoms with E-state index < -0.39 is 0 Å². The molecule has 2 amide bonds. The number of ether oxygens (including phenoxy) is 1. The molecule has 0 bridgehead atoms. The maximum atomic E-state index is 13.0. The smallest absolute Gasteiger partial charge is 0.260 e. The second kappa shape index (κ2) is 9.82. The van der Waals surface area contributed by atoms with Crippen molar-refractivity contribution in [2.75, 3.05) is 14.2 Å². The van der Waals surface area contributed by atoms with Crippen LogP contribution in [0.4, 0.5) is 0 Å². The first-order valence-corrected chi connectivity index (χ1v) is 12.0. The molecule has 0 radical (unpaired) electrons. The van der Waals surface area contributed by atoms with Gasteiger partial charge in [-0.2, -0.15) is 0 Å². The minimum absolute atomic E-state index is 0.0528. The van der Waals surface area contributed by atoms with E-state index in [4.69, 9.17) is 4.74 Å². The maximum Gasteiger partial charge on any atom is 0.260 e. The largest absolute Gasteiger partial charge is 0.497 e. The Bertz CT molecular complexity index is 1020. The van der Waals surface area contributed by atoms with Gasteiger partial charge in [0.25, 0.3) is 5.91 Å².